The van der Waals surface area contributed by atoms with Crippen LogP contribution in [0, 0.1) is 6.92 Å². The number of hydrogen-bond acceptors (Lipinski definition) is 2. The highest BCUT2D eigenvalue weighted by Crippen LogP contribution is 2.25. The van der Waals surface area contributed by atoms with E-state index in [-0.39, 0.29) is 0 Å². The summed E-state index contributed by atoms with van der Waals surface area (Å²) >= 11 is 0. The van der Waals surface area contributed by atoms with Gasteiger partial charge >= 0.3 is 0 Å². The summed E-state index contributed by atoms with van der Waals surface area (Å²) in [4.78, 5) is 5.24. The molecule has 4 heteroatoms. The van der Waals surface area contributed by atoms with Gasteiger partial charge in [-0.3, -0.25) is 9.80 Å². The Labute approximate surface area is 162 Å². The molecular formula is C23H32N4. The molecule has 27 heavy (non-hydrogen) atoms. The van der Waals surface area contributed by atoms with Gasteiger partial charge in [-0.15, -0.1) is 0 Å². The maximum absolute atomic E-state index is 2.63. The van der Waals surface area contributed by atoms with Crippen molar-refractivity contribution in [1.82, 2.24) is 18.6 Å². The largest absolute Gasteiger partial charge is 0.316 e. The topological polar surface area (TPSA) is 15.3 Å². The van der Waals surface area contributed by atoms with Crippen LogP contribution in [0.1, 0.15) is 55.5 Å². The predicted molar refractivity (Wildman–Crippen MR) is 111 cm³/mol. The van der Waals surface area contributed by atoms with Crippen LogP contribution in [0.2, 0.25) is 0 Å². The molecule has 4 nitrogen and oxygen atoms in total. The average Bonchev–Trinajstić information content (AvgIpc) is 3.25. The van der Waals surface area contributed by atoms with Crippen LogP contribution in [0.25, 0.3) is 11.0 Å². The molecule has 2 fully saturated rings. The number of rotatable bonds is 4. The van der Waals surface area contributed by atoms with Gasteiger partial charge in [-0.25, -0.2) is 0 Å². The Bertz CT molecular complexity index is 923. The van der Waals surface area contributed by atoms with Crippen LogP contribution in [-0.2, 0) is 13.1 Å². The van der Waals surface area contributed by atoms with E-state index in [2.05, 4.69) is 56.1 Å². The third-order valence-corrected chi connectivity index (χ3v) is 6.64. The molecule has 3 aromatic heterocycles. The second-order valence-corrected chi connectivity index (χ2v) is 8.58. The van der Waals surface area contributed by atoms with E-state index >= 15 is 0 Å². The normalized spacial score (nSPS) is 20.0. The molecule has 0 amide bonds. The lowest BCUT2D eigenvalue weighted by atomic mass is 10.1. The third-order valence-electron chi connectivity index (χ3n) is 6.64. The number of likely N-dealkylation sites (tertiary alicyclic amines) is 2. The van der Waals surface area contributed by atoms with Gasteiger partial charge in [-0.1, -0.05) is 12.8 Å². The summed E-state index contributed by atoms with van der Waals surface area (Å²) in [6.07, 6.45) is 12.8. The zero-order valence-electron chi connectivity index (χ0n) is 16.7. The molecule has 2 aliphatic rings. The summed E-state index contributed by atoms with van der Waals surface area (Å²) < 4.78 is 4.85. The summed E-state index contributed by atoms with van der Waals surface area (Å²) in [5.74, 6) is 0. The van der Waals surface area contributed by atoms with Crippen molar-refractivity contribution < 1.29 is 0 Å². The highest BCUT2D eigenvalue weighted by molar-refractivity contribution is 5.78. The molecule has 2 saturated heterocycles. The van der Waals surface area contributed by atoms with Crippen molar-refractivity contribution in [2.75, 3.05) is 26.2 Å². The molecule has 5 heterocycles. The Balaban J connectivity index is 1.47. The van der Waals surface area contributed by atoms with Crippen LogP contribution in [0.15, 0.2) is 30.6 Å². The molecule has 0 N–H and O–H groups in total. The molecule has 3 aromatic rings. The number of aromatic nitrogens is 2. The molecule has 0 bridgehead atoms. The van der Waals surface area contributed by atoms with Gasteiger partial charge in [0.2, 0.25) is 0 Å². The fourth-order valence-electron chi connectivity index (χ4n) is 5.08. The first kappa shape index (κ1) is 17.3. The summed E-state index contributed by atoms with van der Waals surface area (Å²) in [7, 11) is 0. The molecule has 0 aromatic carbocycles. The van der Waals surface area contributed by atoms with Crippen molar-refractivity contribution in [3.63, 3.8) is 0 Å². The van der Waals surface area contributed by atoms with E-state index in [4.69, 9.17) is 0 Å². The first-order valence-electron chi connectivity index (χ1n) is 10.8. The van der Waals surface area contributed by atoms with Crippen molar-refractivity contribution in [3.05, 3.63) is 47.5 Å². The van der Waals surface area contributed by atoms with Crippen molar-refractivity contribution in [2.45, 2.75) is 58.5 Å². The van der Waals surface area contributed by atoms with E-state index in [0.29, 0.717) is 0 Å². The highest BCUT2D eigenvalue weighted by atomic mass is 15.2. The average molecular weight is 365 g/mol. The summed E-state index contributed by atoms with van der Waals surface area (Å²) in [6.45, 7) is 9.43. The van der Waals surface area contributed by atoms with E-state index < -0.39 is 0 Å². The number of nitrogens with zero attached hydrogens (tertiary/aromatic N) is 4. The fourth-order valence-corrected chi connectivity index (χ4v) is 5.08. The lowest BCUT2D eigenvalue weighted by molar-refractivity contribution is 0.217. The summed E-state index contributed by atoms with van der Waals surface area (Å²) in [6, 6.07) is 7.04. The molecule has 0 saturated carbocycles. The van der Waals surface area contributed by atoms with Crippen molar-refractivity contribution in [2.24, 2.45) is 0 Å². The lowest BCUT2D eigenvalue weighted by Crippen LogP contribution is -2.30. The van der Waals surface area contributed by atoms with Crippen LogP contribution in [0.5, 0.6) is 0 Å². The van der Waals surface area contributed by atoms with Gasteiger partial charge in [0.1, 0.15) is 0 Å². The fraction of sp³-hybridized carbons (Fsp3) is 0.565. The van der Waals surface area contributed by atoms with Crippen molar-refractivity contribution in [3.8, 4) is 0 Å². The Morgan fingerprint density at radius 1 is 0.704 bits per heavy atom. The molecule has 0 atom stereocenters. The second kappa shape index (κ2) is 7.33. The number of fused-ring (bicyclic) bond motifs is 3. The van der Waals surface area contributed by atoms with Crippen molar-refractivity contribution in [1.29, 1.82) is 0 Å². The highest BCUT2D eigenvalue weighted by Gasteiger charge is 2.17. The van der Waals surface area contributed by atoms with Crippen molar-refractivity contribution >= 4 is 11.0 Å². The minimum absolute atomic E-state index is 1.07. The van der Waals surface area contributed by atoms with Crippen LogP contribution >= 0.6 is 0 Å². The number of aryl methyl sites for hydroxylation is 1. The number of piperidine rings is 2. The summed E-state index contributed by atoms with van der Waals surface area (Å²) in [5, 5.41) is 0. The van der Waals surface area contributed by atoms with Crippen LogP contribution in [0.3, 0.4) is 0 Å². The SMILES string of the molecule is Cc1cc2c3ccc(CN4CCCCC4)n3ccn2c1CN1CCCCC1. The zero-order chi connectivity index (χ0) is 18.2. The molecule has 0 radical (unpaired) electrons. The Hall–Kier alpha value is -1.78. The standard InChI is InChI=1S/C23H32N4/c1-19-16-22-21-9-8-20(17-24-10-4-2-5-11-24)26(21)14-15-27(22)23(19)18-25-12-6-3-7-13-25/h8-9,14-16H,2-7,10-13,17-18H2,1H3. The molecule has 144 valence electrons. The Kier molecular flexibility index (Phi) is 4.70. The minimum Gasteiger partial charge on any atom is -0.316 e. The molecular weight excluding hydrogens is 332 g/mol. The van der Waals surface area contributed by atoms with Crippen LogP contribution in [0.4, 0.5) is 0 Å². The van der Waals surface area contributed by atoms with Gasteiger partial charge in [0, 0.05) is 36.9 Å². The Morgan fingerprint density at radius 3 is 2.04 bits per heavy atom. The van der Waals surface area contributed by atoms with E-state index in [0.717, 1.165) is 13.1 Å². The van der Waals surface area contributed by atoms with Gasteiger partial charge in [-0.2, -0.15) is 0 Å². The van der Waals surface area contributed by atoms with E-state index in [1.54, 1.807) is 0 Å². The third kappa shape index (κ3) is 3.30. The quantitative estimate of drug-likeness (QED) is 0.678. The van der Waals surface area contributed by atoms with Gasteiger partial charge in [0.25, 0.3) is 0 Å². The van der Waals surface area contributed by atoms with Crippen LogP contribution < -0.4 is 0 Å². The monoisotopic (exact) mass is 364 g/mol. The second-order valence-electron chi connectivity index (χ2n) is 8.58. The number of hydrogen-bond donors (Lipinski definition) is 0. The maximum atomic E-state index is 2.63. The molecule has 0 spiro atoms. The van der Waals surface area contributed by atoms with E-state index in [1.165, 1.54) is 92.7 Å². The van der Waals surface area contributed by atoms with Crippen LogP contribution in [-0.4, -0.2) is 44.8 Å². The first-order chi connectivity index (χ1) is 13.3. The Morgan fingerprint density at radius 2 is 1.33 bits per heavy atom. The van der Waals surface area contributed by atoms with Gasteiger partial charge in [0.05, 0.1) is 11.0 Å². The van der Waals surface area contributed by atoms with Gasteiger partial charge in [0.15, 0.2) is 0 Å². The lowest BCUT2D eigenvalue weighted by Gasteiger charge is -2.27. The molecule has 0 aliphatic carbocycles. The smallest absolute Gasteiger partial charge is 0.0698 e. The molecule has 5 rings (SSSR count). The van der Waals surface area contributed by atoms with Gasteiger partial charge in [-0.05, 0) is 82.5 Å². The zero-order valence-corrected chi connectivity index (χ0v) is 16.7. The predicted octanol–water partition coefficient (Wildman–Crippen LogP) is 4.47. The molecule has 2 aliphatic heterocycles. The first-order valence-corrected chi connectivity index (χ1v) is 10.8. The minimum atomic E-state index is 1.07. The summed E-state index contributed by atoms with van der Waals surface area (Å²) in [5.41, 5.74) is 7.01. The maximum Gasteiger partial charge on any atom is 0.0698 e. The van der Waals surface area contributed by atoms with E-state index in [1.807, 2.05) is 0 Å². The van der Waals surface area contributed by atoms with Gasteiger partial charge < -0.3 is 8.80 Å². The molecule has 0 unspecified atom stereocenters. The van der Waals surface area contributed by atoms with E-state index in [9.17, 15) is 0 Å².